The van der Waals surface area contributed by atoms with Gasteiger partial charge < -0.3 is 15.2 Å². The number of carboxylic acid groups (broad SMARTS) is 1. The average molecular weight is 308 g/mol. The second kappa shape index (κ2) is 7.55. The van der Waals surface area contributed by atoms with Crippen LogP contribution in [0.4, 0.5) is 0 Å². The van der Waals surface area contributed by atoms with E-state index in [-0.39, 0.29) is 31.5 Å². The number of nitrogens with zero attached hydrogens (tertiary/aromatic N) is 1. The maximum atomic E-state index is 11.9. The van der Waals surface area contributed by atoms with Crippen LogP contribution in [0.5, 0.6) is 0 Å². The monoisotopic (exact) mass is 308 g/mol. The number of ether oxygens (including phenoxy) is 1. The minimum Gasteiger partial charge on any atom is -0.480 e. The van der Waals surface area contributed by atoms with Gasteiger partial charge in [-0.05, 0) is 12.8 Å². The van der Waals surface area contributed by atoms with E-state index in [2.05, 4.69) is 5.32 Å². The molecule has 0 aliphatic carbocycles. The molecule has 0 aromatic carbocycles. The van der Waals surface area contributed by atoms with Crippen LogP contribution in [0.1, 0.15) is 12.8 Å². The molecular weight excluding hydrogens is 288 g/mol. The highest BCUT2D eigenvalue weighted by Gasteiger charge is 2.29. The maximum Gasteiger partial charge on any atom is 0.329 e. The van der Waals surface area contributed by atoms with Crippen molar-refractivity contribution in [2.24, 2.45) is 5.92 Å². The predicted octanol–water partition coefficient (Wildman–Crippen LogP) is -1.12. The van der Waals surface area contributed by atoms with Crippen LogP contribution in [0.2, 0.25) is 0 Å². The van der Waals surface area contributed by atoms with Gasteiger partial charge in [0.1, 0.15) is 6.61 Å². The van der Waals surface area contributed by atoms with Gasteiger partial charge in [0.05, 0.1) is 18.8 Å². The Labute approximate surface area is 118 Å². The molecule has 1 amide bonds. The highest BCUT2D eigenvalue weighted by Crippen LogP contribution is 2.18. The lowest BCUT2D eigenvalue weighted by molar-refractivity contribution is -0.142. The van der Waals surface area contributed by atoms with E-state index < -0.39 is 22.6 Å². The van der Waals surface area contributed by atoms with Gasteiger partial charge in [-0.2, -0.15) is 0 Å². The minimum absolute atomic E-state index is 0.112. The third kappa shape index (κ3) is 5.85. The summed E-state index contributed by atoms with van der Waals surface area (Å²) in [6.07, 6.45) is 2.43. The molecule has 8 nitrogen and oxygen atoms in total. The van der Waals surface area contributed by atoms with E-state index in [1.54, 1.807) is 0 Å². The molecule has 0 aromatic heterocycles. The van der Waals surface area contributed by atoms with Crippen LogP contribution in [0.25, 0.3) is 0 Å². The van der Waals surface area contributed by atoms with Gasteiger partial charge in [0.15, 0.2) is 0 Å². The van der Waals surface area contributed by atoms with Crippen LogP contribution in [0.3, 0.4) is 0 Å². The van der Waals surface area contributed by atoms with E-state index >= 15 is 0 Å². The lowest BCUT2D eigenvalue weighted by Crippen LogP contribution is -2.45. The Bertz CT molecular complexity index is 450. The number of sulfonamides is 1. The molecule has 1 unspecified atom stereocenters. The van der Waals surface area contributed by atoms with Crippen molar-refractivity contribution < 1.29 is 27.9 Å². The first kappa shape index (κ1) is 16.9. The van der Waals surface area contributed by atoms with Gasteiger partial charge in [0, 0.05) is 19.6 Å². The fourth-order valence-electron chi connectivity index (χ4n) is 2.01. The number of hydrogen-bond acceptors (Lipinski definition) is 5. The molecule has 116 valence electrons. The van der Waals surface area contributed by atoms with Gasteiger partial charge in [-0.15, -0.1) is 0 Å². The second-order valence-electron chi connectivity index (χ2n) is 4.70. The standard InChI is InChI=1S/C11H20N2O6S/c1-20(17,18)13-5-2-3-9(7-13)11(16)12-4-6-19-8-10(14)15/h9H,2-8H2,1H3,(H,12,16)(H,14,15). The number of rotatable bonds is 7. The van der Waals surface area contributed by atoms with Crippen molar-refractivity contribution >= 4 is 21.9 Å². The molecule has 0 spiro atoms. The summed E-state index contributed by atoms with van der Waals surface area (Å²) in [5.74, 6) is -1.65. The molecule has 2 N–H and O–H groups in total. The molecule has 0 radical (unpaired) electrons. The molecule has 20 heavy (non-hydrogen) atoms. The van der Waals surface area contributed by atoms with E-state index in [9.17, 15) is 18.0 Å². The lowest BCUT2D eigenvalue weighted by atomic mass is 9.99. The summed E-state index contributed by atoms with van der Waals surface area (Å²) in [6, 6.07) is 0. The number of hydrogen-bond donors (Lipinski definition) is 2. The van der Waals surface area contributed by atoms with E-state index in [0.29, 0.717) is 19.4 Å². The molecule has 0 bridgehead atoms. The zero-order valence-corrected chi connectivity index (χ0v) is 12.2. The Balaban J connectivity index is 2.31. The number of carboxylic acids is 1. The minimum atomic E-state index is -3.27. The maximum absolute atomic E-state index is 11.9. The van der Waals surface area contributed by atoms with E-state index in [4.69, 9.17) is 9.84 Å². The van der Waals surface area contributed by atoms with Crippen LogP contribution in [0.15, 0.2) is 0 Å². The van der Waals surface area contributed by atoms with Crippen LogP contribution in [0, 0.1) is 5.92 Å². The zero-order valence-electron chi connectivity index (χ0n) is 11.4. The molecule has 0 aromatic rings. The van der Waals surface area contributed by atoms with Crippen molar-refractivity contribution in [1.29, 1.82) is 0 Å². The topological polar surface area (TPSA) is 113 Å². The van der Waals surface area contributed by atoms with Gasteiger partial charge in [0.2, 0.25) is 15.9 Å². The van der Waals surface area contributed by atoms with Crippen molar-refractivity contribution in [3.8, 4) is 0 Å². The Morgan fingerprint density at radius 1 is 1.45 bits per heavy atom. The van der Waals surface area contributed by atoms with Gasteiger partial charge >= 0.3 is 5.97 Å². The van der Waals surface area contributed by atoms with Crippen molar-refractivity contribution in [3.05, 3.63) is 0 Å². The molecule has 1 heterocycles. The van der Waals surface area contributed by atoms with Crippen LogP contribution in [-0.2, 0) is 24.3 Å². The van der Waals surface area contributed by atoms with Crippen molar-refractivity contribution in [2.75, 3.05) is 39.1 Å². The Kier molecular flexibility index (Phi) is 6.37. The fraction of sp³-hybridized carbons (Fsp3) is 0.818. The van der Waals surface area contributed by atoms with Gasteiger partial charge in [-0.3, -0.25) is 4.79 Å². The summed E-state index contributed by atoms with van der Waals surface area (Å²) in [7, 11) is -3.27. The van der Waals surface area contributed by atoms with Crippen LogP contribution < -0.4 is 5.32 Å². The normalized spacial score (nSPS) is 20.6. The number of amides is 1. The van der Waals surface area contributed by atoms with Crippen LogP contribution in [-0.4, -0.2) is 68.8 Å². The SMILES string of the molecule is CS(=O)(=O)N1CCCC(C(=O)NCCOCC(=O)O)C1. The van der Waals surface area contributed by atoms with E-state index in [1.807, 2.05) is 0 Å². The molecule has 0 saturated carbocycles. The summed E-state index contributed by atoms with van der Waals surface area (Å²) in [5.41, 5.74) is 0. The Hall–Kier alpha value is -1.19. The van der Waals surface area contributed by atoms with Crippen molar-refractivity contribution in [3.63, 3.8) is 0 Å². The third-order valence-corrected chi connectivity index (χ3v) is 4.26. The molecule has 9 heteroatoms. The first-order valence-corrected chi connectivity index (χ1v) is 8.18. The molecule has 1 aliphatic rings. The van der Waals surface area contributed by atoms with Gasteiger partial charge in [-0.25, -0.2) is 17.5 Å². The Morgan fingerprint density at radius 2 is 2.15 bits per heavy atom. The highest BCUT2D eigenvalue weighted by atomic mass is 32.2. The van der Waals surface area contributed by atoms with E-state index in [1.165, 1.54) is 4.31 Å². The summed E-state index contributed by atoms with van der Waals surface area (Å²) in [5, 5.41) is 11.0. The highest BCUT2D eigenvalue weighted by molar-refractivity contribution is 7.88. The molecule has 1 rings (SSSR count). The number of aliphatic carboxylic acids is 1. The third-order valence-electron chi connectivity index (χ3n) is 3.00. The number of carbonyl (C=O) groups is 2. The Morgan fingerprint density at radius 3 is 2.75 bits per heavy atom. The summed E-state index contributed by atoms with van der Waals surface area (Å²) in [4.78, 5) is 22.1. The van der Waals surface area contributed by atoms with E-state index in [0.717, 1.165) is 6.26 Å². The molecule has 1 fully saturated rings. The fourth-order valence-corrected chi connectivity index (χ4v) is 2.92. The smallest absolute Gasteiger partial charge is 0.329 e. The number of nitrogens with one attached hydrogen (secondary N) is 1. The lowest BCUT2D eigenvalue weighted by Gasteiger charge is -2.30. The first-order chi connectivity index (χ1) is 9.30. The summed E-state index contributed by atoms with van der Waals surface area (Å²) in [6.45, 7) is 0.564. The van der Waals surface area contributed by atoms with Gasteiger partial charge in [0.25, 0.3) is 0 Å². The van der Waals surface area contributed by atoms with Gasteiger partial charge in [-0.1, -0.05) is 0 Å². The van der Waals surface area contributed by atoms with Crippen LogP contribution >= 0.6 is 0 Å². The number of carbonyl (C=O) groups excluding carboxylic acids is 1. The molecule has 1 aliphatic heterocycles. The molecular formula is C11H20N2O6S. The zero-order chi connectivity index (χ0) is 15.2. The number of piperidine rings is 1. The van der Waals surface area contributed by atoms with Crippen molar-refractivity contribution in [2.45, 2.75) is 12.8 Å². The second-order valence-corrected chi connectivity index (χ2v) is 6.68. The van der Waals surface area contributed by atoms with Crippen molar-refractivity contribution in [1.82, 2.24) is 9.62 Å². The first-order valence-electron chi connectivity index (χ1n) is 6.33. The molecule has 1 saturated heterocycles. The summed E-state index contributed by atoms with van der Waals surface area (Å²) < 4.78 is 29.0. The average Bonchev–Trinajstić information content (AvgIpc) is 2.37. The molecule has 1 atom stereocenters. The largest absolute Gasteiger partial charge is 0.480 e. The quantitative estimate of drug-likeness (QED) is 0.576. The summed E-state index contributed by atoms with van der Waals surface area (Å²) >= 11 is 0. The predicted molar refractivity (Wildman–Crippen MR) is 70.6 cm³/mol.